The molecule has 3 heteroatoms. The summed E-state index contributed by atoms with van der Waals surface area (Å²) in [5.41, 5.74) is 3.51. The van der Waals surface area contributed by atoms with E-state index in [1.807, 2.05) is 24.3 Å². The lowest BCUT2D eigenvalue weighted by Gasteiger charge is -2.21. The quantitative estimate of drug-likeness (QED) is 0.826. The SMILES string of the molecule is COc1ccc(N(C)c2ccc(C)cc2Br)cc1. The number of benzene rings is 2. The molecule has 0 amide bonds. The van der Waals surface area contributed by atoms with Crippen molar-refractivity contribution >= 4 is 27.3 Å². The Bertz CT molecular complexity index is 537. The molecule has 18 heavy (non-hydrogen) atoms. The van der Waals surface area contributed by atoms with Crippen molar-refractivity contribution in [3.05, 3.63) is 52.5 Å². The molecule has 0 spiro atoms. The highest BCUT2D eigenvalue weighted by atomic mass is 79.9. The van der Waals surface area contributed by atoms with Gasteiger partial charge in [-0.1, -0.05) is 6.07 Å². The lowest BCUT2D eigenvalue weighted by molar-refractivity contribution is 0.415. The maximum absolute atomic E-state index is 5.17. The summed E-state index contributed by atoms with van der Waals surface area (Å²) >= 11 is 3.61. The third kappa shape index (κ3) is 2.67. The van der Waals surface area contributed by atoms with Crippen molar-refractivity contribution in [2.75, 3.05) is 19.1 Å². The predicted octanol–water partition coefficient (Wildman–Crippen LogP) is 4.53. The summed E-state index contributed by atoms with van der Waals surface area (Å²) in [7, 11) is 3.73. The molecule has 0 aliphatic carbocycles. The fourth-order valence-electron chi connectivity index (χ4n) is 1.83. The Hall–Kier alpha value is -1.48. The first kappa shape index (κ1) is 13.0. The summed E-state index contributed by atoms with van der Waals surface area (Å²) in [6.45, 7) is 2.09. The van der Waals surface area contributed by atoms with Crippen molar-refractivity contribution in [3.8, 4) is 5.75 Å². The Balaban J connectivity index is 2.31. The molecule has 0 unspecified atom stereocenters. The highest BCUT2D eigenvalue weighted by Crippen LogP contribution is 2.32. The van der Waals surface area contributed by atoms with Crippen molar-refractivity contribution in [1.82, 2.24) is 0 Å². The lowest BCUT2D eigenvalue weighted by Crippen LogP contribution is -2.09. The second kappa shape index (κ2) is 5.44. The molecule has 2 rings (SSSR count). The van der Waals surface area contributed by atoms with Crippen molar-refractivity contribution < 1.29 is 4.74 Å². The average molecular weight is 306 g/mol. The third-order valence-corrected chi connectivity index (χ3v) is 3.56. The number of nitrogens with zero attached hydrogens (tertiary/aromatic N) is 1. The molecule has 0 heterocycles. The molecule has 0 aliphatic rings. The number of halogens is 1. The van der Waals surface area contributed by atoms with Gasteiger partial charge in [-0.15, -0.1) is 0 Å². The van der Waals surface area contributed by atoms with Crippen LogP contribution in [0.3, 0.4) is 0 Å². The van der Waals surface area contributed by atoms with Gasteiger partial charge in [0.2, 0.25) is 0 Å². The van der Waals surface area contributed by atoms with E-state index in [0.29, 0.717) is 0 Å². The maximum atomic E-state index is 5.17. The molecule has 2 aromatic rings. The Morgan fingerprint density at radius 1 is 1.06 bits per heavy atom. The van der Waals surface area contributed by atoms with Crippen LogP contribution in [0.2, 0.25) is 0 Å². The Kier molecular flexibility index (Phi) is 3.92. The molecule has 2 nitrogen and oxygen atoms in total. The largest absolute Gasteiger partial charge is 0.497 e. The second-order valence-electron chi connectivity index (χ2n) is 4.21. The highest BCUT2D eigenvalue weighted by molar-refractivity contribution is 9.10. The van der Waals surface area contributed by atoms with Gasteiger partial charge in [0.05, 0.1) is 12.8 Å². The zero-order valence-corrected chi connectivity index (χ0v) is 12.4. The minimum Gasteiger partial charge on any atom is -0.497 e. The van der Waals surface area contributed by atoms with Gasteiger partial charge in [0.1, 0.15) is 5.75 Å². The van der Waals surface area contributed by atoms with E-state index in [4.69, 9.17) is 4.74 Å². The molecule has 0 bridgehead atoms. The number of aryl methyl sites for hydroxylation is 1. The maximum Gasteiger partial charge on any atom is 0.119 e. The van der Waals surface area contributed by atoms with Gasteiger partial charge in [0.15, 0.2) is 0 Å². The van der Waals surface area contributed by atoms with E-state index in [0.717, 1.165) is 21.6 Å². The first-order valence-corrected chi connectivity index (χ1v) is 6.55. The van der Waals surface area contributed by atoms with E-state index in [1.54, 1.807) is 7.11 Å². The minimum atomic E-state index is 0.870. The minimum absolute atomic E-state index is 0.870. The number of methoxy groups -OCH3 is 1. The molecule has 0 atom stereocenters. The number of anilines is 2. The lowest BCUT2D eigenvalue weighted by atomic mass is 10.2. The van der Waals surface area contributed by atoms with Crippen molar-refractivity contribution in [1.29, 1.82) is 0 Å². The smallest absolute Gasteiger partial charge is 0.119 e. The molecule has 0 saturated heterocycles. The summed E-state index contributed by atoms with van der Waals surface area (Å²) in [6, 6.07) is 14.4. The van der Waals surface area contributed by atoms with Crippen LogP contribution in [0.25, 0.3) is 0 Å². The van der Waals surface area contributed by atoms with Crippen LogP contribution in [-0.2, 0) is 0 Å². The van der Waals surface area contributed by atoms with Crippen LogP contribution in [-0.4, -0.2) is 14.2 Å². The fraction of sp³-hybridized carbons (Fsp3) is 0.200. The van der Waals surface area contributed by atoms with E-state index >= 15 is 0 Å². The van der Waals surface area contributed by atoms with Gasteiger partial charge in [-0.25, -0.2) is 0 Å². The summed E-state index contributed by atoms with van der Waals surface area (Å²) < 4.78 is 6.26. The van der Waals surface area contributed by atoms with E-state index in [2.05, 4.69) is 53.0 Å². The molecule has 0 N–H and O–H groups in total. The second-order valence-corrected chi connectivity index (χ2v) is 5.07. The number of hydrogen-bond acceptors (Lipinski definition) is 2. The number of rotatable bonds is 3. The fourth-order valence-corrected chi connectivity index (χ4v) is 2.59. The number of hydrogen-bond donors (Lipinski definition) is 0. The predicted molar refractivity (Wildman–Crippen MR) is 79.9 cm³/mol. The van der Waals surface area contributed by atoms with Gasteiger partial charge in [-0.3, -0.25) is 0 Å². The van der Waals surface area contributed by atoms with Gasteiger partial charge < -0.3 is 9.64 Å². The van der Waals surface area contributed by atoms with Gasteiger partial charge in [0.25, 0.3) is 0 Å². The van der Waals surface area contributed by atoms with Gasteiger partial charge in [0, 0.05) is 17.2 Å². The normalized spacial score (nSPS) is 10.2. The zero-order valence-electron chi connectivity index (χ0n) is 10.8. The molecule has 0 radical (unpaired) electrons. The van der Waals surface area contributed by atoms with Crippen LogP contribution in [0.1, 0.15) is 5.56 Å². The van der Waals surface area contributed by atoms with Crippen LogP contribution < -0.4 is 9.64 Å². The average Bonchev–Trinajstić information content (AvgIpc) is 2.38. The Morgan fingerprint density at radius 3 is 2.28 bits per heavy atom. The van der Waals surface area contributed by atoms with E-state index in [-0.39, 0.29) is 0 Å². The van der Waals surface area contributed by atoms with E-state index < -0.39 is 0 Å². The van der Waals surface area contributed by atoms with Crippen molar-refractivity contribution in [2.45, 2.75) is 6.92 Å². The highest BCUT2D eigenvalue weighted by Gasteiger charge is 2.07. The standard InChI is InChI=1S/C15H16BrNO/c1-11-4-9-15(14(16)10-11)17(2)12-5-7-13(18-3)8-6-12/h4-10H,1-3H3. The van der Waals surface area contributed by atoms with Gasteiger partial charge in [-0.2, -0.15) is 0 Å². The first-order valence-electron chi connectivity index (χ1n) is 5.76. The van der Waals surface area contributed by atoms with Crippen LogP contribution >= 0.6 is 15.9 Å². The van der Waals surface area contributed by atoms with Crippen LogP contribution in [0, 0.1) is 6.92 Å². The topological polar surface area (TPSA) is 12.5 Å². The summed E-state index contributed by atoms with van der Waals surface area (Å²) in [5, 5.41) is 0. The summed E-state index contributed by atoms with van der Waals surface area (Å²) in [6.07, 6.45) is 0. The van der Waals surface area contributed by atoms with Crippen LogP contribution in [0.15, 0.2) is 46.9 Å². The molecular weight excluding hydrogens is 290 g/mol. The molecule has 94 valence electrons. The van der Waals surface area contributed by atoms with E-state index in [9.17, 15) is 0 Å². The molecule has 0 fully saturated rings. The zero-order chi connectivity index (χ0) is 13.1. The molecular formula is C15H16BrNO. The van der Waals surface area contributed by atoms with Crippen molar-refractivity contribution in [3.63, 3.8) is 0 Å². The van der Waals surface area contributed by atoms with Gasteiger partial charge in [-0.05, 0) is 64.8 Å². The van der Waals surface area contributed by atoms with Crippen LogP contribution in [0.4, 0.5) is 11.4 Å². The van der Waals surface area contributed by atoms with Gasteiger partial charge >= 0.3 is 0 Å². The molecule has 0 aromatic heterocycles. The van der Waals surface area contributed by atoms with E-state index in [1.165, 1.54) is 5.56 Å². The number of ether oxygens (including phenoxy) is 1. The summed E-state index contributed by atoms with van der Waals surface area (Å²) in [5.74, 6) is 0.870. The van der Waals surface area contributed by atoms with Crippen molar-refractivity contribution in [2.24, 2.45) is 0 Å². The molecule has 0 aliphatic heterocycles. The Morgan fingerprint density at radius 2 is 1.72 bits per heavy atom. The molecule has 0 saturated carbocycles. The first-order chi connectivity index (χ1) is 8.61. The molecule has 2 aromatic carbocycles. The summed E-state index contributed by atoms with van der Waals surface area (Å²) in [4.78, 5) is 2.14. The third-order valence-electron chi connectivity index (χ3n) is 2.92. The monoisotopic (exact) mass is 305 g/mol. The van der Waals surface area contributed by atoms with Crippen LogP contribution in [0.5, 0.6) is 5.75 Å². The Labute approximate surface area is 116 Å².